The molecule has 31 heavy (non-hydrogen) atoms. The molecule has 1 amide bonds. The Morgan fingerprint density at radius 3 is 2.81 bits per heavy atom. The lowest BCUT2D eigenvalue weighted by atomic mass is 10.1. The van der Waals surface area contributed by atoms with E-state index in [1.807, 2.05) is 37.5 Å². The average molecular weight is 422 g/mol. The van der Waals surface area contributed by atoms with Crippen LogP contribution in [-0.4, -0.2) is 59.0 Å². The minimum atomic E-state index is -0.0240. The maximum atomic E-state index is 12.6. The van der Waals surface area contributed by atoms with Crippen LogP contribution in [-0.2, 0) is 18.3 Å². The highest BCUT2D eigenvalue weighted by atomic mass is 16.5. The summed E-state index contributed by atoms with van der Waals surface area (Å²) in [6.07, 6.45) is 6.59. The maximum absolute atomic E-state index is 12.6. The van der Waals surface area contributed by atoms with E-state index in [1.54, 1.807) is 31.3 Å². The number of rotatable bonds is 7. The van der Waals surface area contributed by atoms with E-state index in [-0.39, 0.29) is 18.4 Å². The Balaban J connectivity index is 1.36. The van der Waals surface area contributed by atoms with Gasteiger partial charge in [-0.2, -0.15) is 5.10 Å². The summed E-state index contributed by atoms with van der Waals surface area (Å²) in [5.74, 6) is 1.90. The van der Waals surface area contributed by atoms with Crippen LogP contribution in [0.25, 0.3) is 11.3 Å². The second-order valence-electron chi connectivity index (χ2n) is 7.51. The third-order valence-electron chi connectivity index (χ3n) is 5.29. The zero-order chi connectivity index (χ0) is 21.8. The van der Waals surface area contributed by atoms with Crippen molar-refractivity contribution < 1.29 is 14.3 Å². The van der Waals surface area contributed by atoms with Crippen LogP contribution in [0.3, 0.4) is 0 Å². The summed E-state index contributed by atoms with van der Waals surface area (Å²) in [5, 5.41) is 7.32. The van der Waals surface area contributed by atoms with Crippen molar-refractivity contribution in [3.8, 4) is 22.8 Å². The lowest BCUT2D eigenvalue weighted by Gasteiger charge is -2.17. The monoisotopic (exact) mass is 422 g/mol. The van der Waals surface area contributed by atoms with Gasteiger partial charge in [0.1, 0.15) is 0 Å². The molecule has 1 fully saturated rings. The second kappa shape index (κ2) is 9.03. The number of methoxy groups -OCH3 is 2. The molecule has 3 heterocycles. The molecular weight excluding hydrogens is 396 g/mol. The minimum Gasteiger partial charge on any atom is -0.493 e. The summed E-state index contributed by atoms with van der Waals surface area (Å²) in [5.41, 5.74) is 2.65. The Bertz CT molecular complexity index is 1070. The Morgan fingerprint density at radius 2 is 2.06 bits per heavy atom. The quantitative estimate of drug-likeness (QED) is 0.621. The predicted molar refractivity (Wildman–Crippen MR) is 116 cm³/mol. The number of anilines is 1. The molecule has 1 atom stereocenters. The molecule has 0 spiro atoms. The van der Waals surface area contributed by atoms with Crippen LogP contribution in [0.5, 0.6) is 11.5 Å². The van der Waals surface area contributed by atoms with Gasteiger partial charge in [-0.1, -0.05) is 6.07 Å². The van der Waals surface area contributed by atoms with Gasteiger partial charge in [0.05, 0.1) is 32.5 Å². The lowest BCUT2D eigenvalue weighted by Crippen LogP contribution is -2.38. The minimum absolute atomic E-state index is 0.0240. The molecule has 3 aromatic rings. The topological polar surface area (TPSA) is 94.4 Å². The molecule has 1 aliphatic heterocycles. The van der Waals surface area contributed by atoms with Crippen molar-refractivity contribution in [1.82, 2.24) is 25.1 Å². The van der Waals surface area contributed by atoms with E-state index in [4.69, 9.17) is 9.47 Å². The van der Waals surface area contributed by atoms with Gasteiger partial charge in [-0.3, -0.25) is 9.48 Å². The van der Waals surface area contributed by atoms with Crippen LogP contribution < -0.4 is 19.7 Å². The summed E-state index contributed by atoms with van der Waals surface area (Å²) in [6.45, 7) is 1.46. The van der Waals surface area contributed by atoms with Crippen molar-refractivity contribution in [3.05, 3.63) is 48.4 Å². The van der Waals surface area contributed by atoms with E-state index in [9.17, 15) is 4.79 Å². The number of aryl methyl sites for hydroxylation is 1. The van der Waals surface area contributed by atoms with Crippen molar-refractivity contribution in [2.75, 3.05) is 32.2 Å². The Hall–Kier alpha value is -3.62. The molecule has 1 saturated heterocycles. The predicted octanol–water partition coefficient (Wildman–Crippen LogP) is 1.83. The van der Waals surface area contributed by atoms with Gasteiger partial charge < -0.3 is 19.7 Å². The molecule has 0 saturated carbocycles. The number of ether oxygens (including phenoxy) is 2. The number of aromatic nitrogens is 4. The molecule has 1 unspecified atom stereocenters. The molecule has 4 rings (SSSR count). The molecule has 0 bridgehead atoms. The van der Waals surface area contributed by atoms with Gasteiger partial charge in [0.25, 0.3) is 0 Å². The van der Waals surface area contributed by atoms with E-state index in [0.717, 1.165) is 29.8 Å². The molecule has 9 nitrogen and oxygen atoms in total. The van der Waals surface area contributed by atoms with Crippen LogP contribution in [0.2, 0.25) is 0 Å². The molecule has 1 aromatic carbocycles. The van der Waals surface area contributed by atoms with E-state index in [0.29, 0.717) is 24.0 Å². The van der Waals surface area contributed by atoms with Gasteiger partial charge in [-0.05, 0) is 30.2 Å². The number of hydrogen-bond donors (Lipinski definition) is 1. The Kier molecular flexibility index (Phi) is 6.01. The first-order chi connectivity index (χ1) is 15.1. The van der Waals surface area contributed by atoms with E-state index < -0.39 is 0 Å². The second-order valence-corrected chi connectivity index (χ2v) is 7.51. The van der Waals surface area contributed by atoms with Gasteiger partial charge in [0.15, 0.2) is 11.5 Å². The smallest absolute Gasteiger partial charge is 0.225 e. The standard InChI is InChI=1S/C22H26N6O3/c1-27-13-16(12-24-27)18-6-8-23-22(26-18)28-9-7-17(14-28)25-21(29)11-15-4-5-19(30-2)20(10-15)31-3/h4-6,8,10,12-13,17H,7,9,11,14H2,1-3H3,(H,25,29). The normalized spacial score (nSPS) is 15.7. The van der Waals surface area contributed by atoms with Crippen molar-refractivity contribution >= 4 is 11.9 Å². The number of carbonyl (C=O) groups is 1. The van der Waals surface area contributed by atoms with Crippen molar-refractivity contribution in [3.63, 3.8) is 0 Å². The average Bonchev–Trinajstić information content (AvgIpc) is 3.43. The van der Waals surface area contributed by atoms with Crippen LogP contribution in [0.4, 0.5) is 5.95 Å². The fourth-order valence-electron chi connectivity index (χ4n) is 3.73. The van der Waals surface area contributed by atoms with Gasteiger partial charge in [-0.15, -0.1) is 0 Å². The molecule has 162 valence electrons. The highest BCUT2D eigenvalue weighted by molar-refractivity contribution is 5.79. The fraction of sp³-hybridized carbons (Fsp3) is 0.364. The maximum Gasteiger partial charge on any atom is 0.225 e. The third-order valence-corrected chi connectivity index (χ3v) is 5.29. The fourth-order valence-corrected chi connectivity index (χ4v) is 3.73. The molecule has 0 radical (unpaired) electrons. The van der Waals surface area contributed by atoms with Gasteiger partial charge in [0, 0.05) is 44.1 Å². The SMILES string of the molecule is COc1ccc(CC(=O)NC2CCN(c3nccc(-c4cnn(C)c4)n3)C2)cc1OC. The van der Waals surface area contributed by atoms with Gasteiger partial charge in [0.2, 0.25) is 11.9 Å². The van der Waals surface area contributed by atoms with Crippen LogP contribution in [0, 0.1) is 0 Å². The molecular formula is C22H26N6O3. The third kappa shape index (κ3) is 4.76. The van der Waals surface area contributed by atoms with Crippen LogP contribution in [0.15, 0.2) is 42.9 Å². The van der Waals surface area contributed by atoms with Crippen LogP contribution >= 0.6 is 0 Å². The Labute approximate surface area is 181 Å². The molecule has 9 heteroatoms. The Morgan fingerprint density at radius 1 is 1.23 bits per heavy atom. The summed E-state index contributed by atoms with van der Waals surface area (Å²) >= 11 is 0. The number of hydrogen-bond acceptors (Lipinski definition) is 7. The summed E-state index contributed by atoms with van der Waals surface area (Å²) in [7, 11) is 5.05. The first-order valence-corrected chi connectivity index (χ1v) is 10.1. The van der Waals surface area contributed by atoms with Gasteiger partial charge in [-0.25, -0.2) is 9.97 Å². The highest BCUT2D eigenvalue weighted by Crippen LogP contribution is 2.28. The molecule has 2 aromatic heterocycles. The van der Waals surface area contributed by atoms with E-state index in [1.165, 1.54) is 0 Å². The number of carbonyl (C=O) groups excluding carboxylic acids is 1. The lowest BCUT2D eigenvalue weighted by molar-refractivity contribution is -0.121. The van der Waals surface area contributed by atoms with Gasteiger partial charge >= 0.3 is 0 Å². The zero-order valence-electron chi connectivity index (χ0n) is 17.9. The number of amides is 1. The summed E-state index contributed by atoms with van der Waals surface area (Å²) in [4.78, 5) is 23.8. The number of benzene rings is 1. The molecule has 1 N–H and O–H groups in total. The number of nitrogens with zero attached hydrogens (tertiary/aromatic N) is 5. The van der Waals surface area contributed by atoms with Crippen molar-refractivity contribution in [2.45, 2.75) is 18.9 Å². The van der Waals surface area contributed by atoms with Crippen molar-refractivity contribution in [1.29, 1.82) is 0 Å². The first kappa shape index (κ1) is 20.6. The largest absolute Gasteiger partial charge is 0.493 e. The van der Waals surface area contributed by atoms with Crippen molar-refractivity contribution in [2.24, 2.45) is 7.05 Å². The van der Waals surface area contributed by atoms with Crippen LogP contribution in [0.1, 0.15) is 12.0 Å². The highest BCUT2D eigenvalue weighted by Gasteiger charge is 2.26. The summed E-state index contributed by atoms with van der Waals surface area (Å²) in [6, 6.07) is 7.44. The summed E-state index contributed by atoms with van der Waals surface area (Å²) < 4.78 is 12.3. The molecule has 0 aliphatic carbocycles. The zero-order valence-corrected chi connectivity index (χ0v) is 17.9. The van der Waals surface area contributed by atoms with E-state index >= 15 is 0 Å². The molecule has 1 aliphatic rings. The van der Waals surface area contributed by atoms with E-state index in [2.05, 4.69) is 25.3 Å². The number of nitrogens with one attached hydrogen (secondary N) is 1. The first-order valence-electron chi connectivity index (χ1n) is 10.1.